The lowest BCUT2D eigenvalue weighted by Gasteiger charge is -1.97. The smallest absolute Gasteiger partial charge is 0.300 e. The van der Waals surface area contributed by atoms with Crippen LogP contribution in [0.15, 0.2) is 0 Å². The number of ether oxygens (including phenoxy) is 1. The highest BCUT2D eigenvalue weighted by Crippen LogP contribution is 1.87. The van der Waals surface area contributed by atoms with Gasteiger partial charge in [-0.2, -0.15) is 0 Å². The van der Waals surface area contributed by atoms with Crippen molar-refractivity contribution in [2.75, 3.05) is 13.2 Å². The summed E-state index contributed by atoms with van der Waals surface area (Å²) in [6, 6.07) is 0. The summed E-state index contributed by atoms with van der Waals surface area (Å²) in [6.45, 7) is 7.27. The Morgan fingerprint density at radius 2 is 1.75 bits per heavy atom. The average molecular weight is 176 g/mol. The summed E-state index contributed by atoms with van der Waals surface area (Å²) in [4.78, 5) is 9.00. The molecule has 12 heavy (non-hydrogen) atoms. The quantitative estimate of drug-likeness (QED) is 0.654. The second kappa shape index (κ2) is 13.1. The van der Waals surface area contributed by atoms with Gasteiger partial charge in [0.15, 0.2) is 0 Å². The summed E-state index contributed by atoms with van der Waals surface area (Å²) < 4.78 is 5.22. The molecule has 0 fully saturated rings. The van der Waals surface area contributed by atoms with Crippen LogP contribution in [0.1, 0.15) is 40.0 Å². The van der Waals surface area contributed by atoms with Gasteiger partial charge in [0.1, 0.15) is 0 Å². The monoisotopic (exact) mass is 176 g/mol. The maximum atomic E-state index is 9.00. The van der Waals surface area contributed by atoms with Crippen LogP contribution in [-0.4, -0.2) is 24.3 Å². The molecular formula is C9H20O3. The van der Waals surface area contributed by atoms with Crippen molar-refractivity contribution in [1.29, 1.82) is 0 Å². The number of carboxylic acids is 1. The molecule has 3 nitrogen and oxygen atoms in total. The zero-order valence-corrected chi connectivity index (χ0v) is 8.30. The largest absolute Gasteiger partial charge is 0.481 e. The van der Waals surface area contributed by atoms with Crippen molar-refractivity contribution in [3.05, 3.63) is 0 Å². The van der Waals surface area contributed by atoms with E-state index in [0.29, 0.717) is 0 Å². The van der Waals surface area contributed by atoms with Crippen LogP contribution in [0.5, 0.6) is 0 Å². The van der Waals surface area contributed by atoms with Crippen molar-refractivity contribution in [3.63, 3.8) is 0 Å². The fourth-order valence-electron chi connectivity index (χ4n) is 0.493. The zero-order chi connectivity index (χ0) is 9.82. The predicted molar refractivity (Wildman–Crippen MR) is 49.3 cm³/mol. The normalized spacial score (nSPS) is 8.58. The number of carbonyl (C=O) groups is 1. The Hall–Kier alpha value is -0.570. The maximum absolute atomic E-state index is 9.00. The molecule has 0 aliphatic heterocycles. The standard InChI is InChI=1S/C7H16O.C2H4O2/c1-3-5-7-8-6-4-2;1-2(3)4/h3-7H2,1-2H3;1H3,(H,3,4). The Bertz CT molecular complexity index is 81.8. The molecular weight excluding hydrogens is 156 g/mol. The molecule has 0 unspecified atom stereocenters. The van der Waals surface area contributed by atoms with Crippen molar-refractivity contribution < 1.29 is 14.6 Å². The van der Waals surface area contributed by atoms with Gasteiger partial charge in [-0.05, 0) is 12.8 Å². The molecule has 1 N–H and O–H groups in total. The Balaban J connectivity index is 0. The van der Waals surface area contributed by atoms with E-state index in [0.717, 1.165) is 26.6 Å². The molecule has 0 aromatic rings. The van der Waals surface area contributed by atoms with Crippen molar-refractivity contribution in [1.82, 2.24) is 0 Å². The van der Waals surface area contributed by atoms with Crippen LogP contribution in [-0.2, 0) is 9.53 Å². The molecule has 0 rings (SSSR count). The van der Waals surface area contributed by atoms with E-state index in [9.17, 15) is 0 Å². The average Bonchev–Trinajstić information content (AvgIpc) is 1.97. The molecule has 0 saturated heterocycles. The molecule has 0 atom stereocenters. The van der Waals surface area contributed by atoms with Gasteiger partial charge in [0.2, 0.25) is 0 Å². The van der Waals surface area contributed by atoms with Crippen LogP contribution in [0, 0.1) is 0 Å². The molecule has 0 saturated carbocycles. The van der Waals surface area contributed by atoms with Crippen molar-refractivity contribution >= 4 is 5.97 Å². The molecule has 74 valence electrons. The molecule has 0 heterocycles. The number of hydrogen-bond donors (Lipinski definition) is 1. The highest BCUT2D eigenvalue weighted by molar-refractivity contribution is 5.62. The van der Waals surface area contributed by atoms with Gasteiger partial charge in [-0.3, -0.25) is 4.79 Å². The second-order valence-corrected chi connectivity index (χ2v) is 2.48. The number of aliphatic carboxylic acids is 1. The van der Waals surface area contributed by atoms with Gasteiger partial charge in [-0.15, -0.1) is 0 Å². The van der Waals surface area contributed by atoms with Crippen LogP contribution in [0.25, 0.3) is 0 Å². The molecule has 3 heteroatoms. The highest BCUT2D eigenvalue weighted by atomic mass is 16.5. The summed E-state index contributed by atoms with van der Waals surface area (Å²) >= 11 is 0. The minimum Gasteiger partial charge on any atom is -0.481 e. The first-order valence-electron chi connectivity index (χ1n) is 4.42. The Morgan fingerprint density at radius 1 is 1.25 bits per heavy atom. The zero-order valence-electron chi connectivity index (χ0n) is 8.30. The summed E-state index contributed by atoms with van der Waals surface area (Å²) in [5, 5.41) is 7.42. The van der Waals surface area contributed by atoms with Crippen LogP contribution in [0.3, 0.4) is 0 Å². The van der Waals surface area contributed by atoms with Crippen LogP contribution in [0.4, 0.5) is 0 Å². The van der Waals surface area contributed by atoms with Crippen LogP contribution < -0.4 is 0 Å². The SMILES string of the molecule is CC(=O)O.CCCCOCCC. The maximum Gasteiger partial charge on any atom is 0.300 e. The minimum absolute atomic E-state index is 0.833. The lowest BCUT2D eigenvalue weighted by molar-refractivity contribution is -0.134. The summed E-state index contributed by atoms with van der Waals surface area (Å²) in [7, 11) is 0. The highest BCUT2D eigenvalue weighted by Gasteiger charge is 1.81. The second-order valence-electron chi connectivity index (χ2n) is 2.48. The molecule has 0 aromatic heterocycles. The van der Waals surface area contributed by atoms with E-state index in [4.69, 9.17) is 14.6 Å². The Labute approximate surface area is 74.7 Å². The molecule has 0 aromatic carbocycles. The summed E-state index contributed by atoms with van der Waals surface area (Å²) in [5.41, 5.74) is 0. The van der Waals surface area contributed by atoms with Gasteiger partial charge in [-0.25, -0.2) is 0 Å². The van der Waals surface area contributed by atoms with Gasteiger partial charge < -0.3 is 9.84 Å². The third kappa shape index (κ3) is 34.1. The van der Waals surface area contributed by atoms with Crippen LogP contribution >= 0.6 is 0 Å². The third-order valence-corrected chi connectivity index (χ3v) is 0.991. The summed E-state index contributed by atoms with van der Waals surface area (Å²) in [5.74, 6) is -0.833. The fraction of sp³-hybridized carbons (Fsp3) is 0.889. The van der Waals surface area contributed by atoms with E-state index in [2.05, 4.69) is 13.8 Å². The van der Waals surface area contributed by atoms with E-state index in [1.165, 1.54) is 12.8 Å². The van der Waals surface area contributed by atoms with Crippen molar-refractivity contribution in [2.45, 2.75) is 40.0 Å². The van der Waals surface area contributed by atoms with Gasteiger partial charge in [0.25, 0.3) is 5.97 Å². The number of hydrogen-bond acceptors (Lipinski definition) is 2. The topological polar surface area (TPSA) is 46.5 Å². The molecule has 0 amide bonds. The Morgan fingerprint density at radius 3 is 2.08 bits per heavy atom. The van der Waals surface area contributed by atoms with E-state index in [-0.39, 0.29) is 0 Å². The van der Waals surface area contributed by atoms with E-state index < -0.39 is 5.97 Å². The summed E-state index contributed by atoms with van der Waals surface area (Å²) in [6.07, 6.45) is 3.59. The molecule has 0 radical (unpaired) electrons. The van der Waals surface area contributed by atoms with Gasteiger partial charge in [0.05, 0.1) is 0 Å². The first-order chi connectivity index (χ1) is 5.65. The number of unbranched alkanes of at least 4 members (excludes halogenated alkanes) is 1. The van der Waals surface area contributed by atoms with E-state index in [1.807, 2.05) is 0 Å². The third-order valence-electron chi connectivity index (χ3n) is 0.991. The van der Waals surface area contributed by atoms with Crippen molar-refractivity contribution in [2.24, 2.45) is 0 Å². The van der Waals surface area contributed by atoms with E-state index >= 15 is 0 Å². The molecule has 0 aliphatic rings. The minimum atomic E-state index is -0.833. The molecule has 0 aliphatic carbocycles. The van der Waals surface area contributed by atoms with Gasteiger partial charge in [-0.1, -0.05) is 20.3 Å². The molecule has 0 bridgehead atoms. The first kappa shape index (κ1) is 14.0. The van der Waals surface area contributed by atoms with Crippen LogP contribution in [0.2, 0.25) is 0 Å². The van der Waals surface area contributed by atoms with Gasteiger partial charge >= 0.3 is 0 Å². The van der Waals surface area contributed by atoms with Gasteiger partial charge in [0, 0.05) is 20.1 Å². The fourth-order valence-corrected chi connectivity index (χ4v) is 0.493. The van der Waals surface area contributed by atoms with Crippen molar-refractivity contribution in [3.8, 4) is 0 Å². The Kier molecular flexibility index (Phi) is 15.2. The van der Waals surface area contributed by atoms with E-state index in [1.54, 1.807) is 0 Å². The predicted octanol–water partition coefficient (Wildman–Crippen LogP) is 2.30. The number of rotatable bonds is 5. The lowest BCUT2D eigenvalue weighted by Crippen LogP contribution is -1.93. The molecule has 0 spiro atoms. The number of carboxylic acid groups (broad SMARTS) is 1. The lowest BCUT2D eigenvalue weighted by atomic mass is 10.4. The first-order valence-corrected chi connectivity index (χ1v) is 4.42.